The van der Waals surface area contributed by atoms with Crippen LogP contribution in [0.15, 0.2) is 10.2 Å². The number of carboxylic acid groups (broad SMARTS) is 2. The van der Waals surface area contributed by atoms with E-state index in [0.717, 1.165) is 17.8 Å². The maximum atomic E-state index is 12.5. The largest absolute Gasteiger partial charge is 0.481 e. The van der Waals surface area contributed by atoms with Crippen LogP contribution in [0.4, 0.5) is 0 Å². The summed E-state index contributed by atoms with van der Waals surface area (Å²) in [5, 5.41) is 19.3. The Morgan fingerprint density at radius 2 is 2.10 bits per heavy atom. The Morgan fingerprint density at radius 3 is 2.67 bits per heavy atom. The number of fused-ring (bicyclic) bond motifs is 1. The summed E-state index contributed by atoms with van der Waals surface area (Å²) in [7, 11) is 0. The van der Waals surface area contributed by atoms with Crippen molar-refractivity contribution in [1.29, 1.82) is 0 Å². The first-order chi connectivity index (χ1) is 9.95. The smallest absolute Gasteiger partial charge is 0.337 e. The third-order valence-corrected chi connectivity index (χ3v) is 3.90. The molecule has 112 valence electrons. The number of aromatic carboxylic acids is 1. The van der Waals surface area contributed by atoms with E-state index in [2.05, 4.69) is 4.98 Å². The van der Waals surface area contributed by atoms with Gasteiger partial charge in [0.2, 0.25) is 0 Å². The van der Waals surface area contributed by atoms with E-state index in [1.165, 1.54) is 9.95 Å². The molecule has 21 heavy (non-hydrogen) atoms. The summed E-state index contributed by atoms with van der Waals surface area (Å²) in [6.45, 7) is 1.91. The van der Waals surface area contributed by atoms with Gasteiger partial charge in [0.05, 0.1) is 17.4 Å². The molecule has 2 aromatic heterocycles. The van der Waals surface area contributed by atoms with Crippen LogP contribution >= 0.6 is 11.3 Å². The van der Waals surface area contributed by atoms with Gasteiger partial charge in [-0.25, -0.2) is 9.78 Å². The van der Waals surface area contributed by atoms with E-state index < -0.39 is 17.5 Å². The number of aryl methyl sites for hydroxylation is 1. The van der Waals surface area contributed by atoms with Gasteiger partial charge in [0.25, 0.3) is 5.56 Å². The van der Waals surface area contributed by atoms with Gasteiger partial charge in [-0.05, 0) is 6.42 Å². The number of thiophene rings is 1. The molecule has 0 aromatic carbocycles. The summed E-state index contributed by atoms with van der Waals surface area (Å²) in [6.07, 6.45) is 1.07. The number of aromatic nitrogens is 2. The Morgan fingerprint density at radius 1 is 1.38 bits per heavy atom. The molecular formula is C13H14N2O5S. The van der Waals surface area contributed by atoms with Crippen LogP contribution in [0.1, 0.15) is 35.9 Å². The lowest BCUT2D eigenvalue weighted by Gasteiger charge is -2.10. The first kappa shape index (κ1) is 15.2. The van der Waals surface area contributed by atoms with Crippen molar-refractivity contribution in [2.24, 2.45) is 0 Å². The molecule has 0 unspecified atom stereocenters. The Kier molecular flexibility index (Phi) is 4.37. The second-order valence-electron chi connectivity index (χ2n) is 4.51. The Hall–Kier alpha value is -2.22. The van der Waals surface area contributed by atoms with Gasteiger partial charge in [-0.3, -0.25) is 14.2 Å². The molecule has 8 heteroatoms. The van der Waals surface area contributed by atoms with Crippen molar-refractivity contribution in [1.82, 2.24) is 9.55 Å². The van der Waals surface area contributed by atoms with E-state index in [9.17, 15) is 14.4 Å². The van der Waals surface area contributed by atoms with Gasteiger partial charge in [-0.15, -0.1) is 11.3 Å². The van der Waals surface area contributed by atoms with Crippen LogP contribution in [0.2, 0.25) is 0 Å². The third-order valence-electron chi connectivity index (χ3n) is 3.03. The van der Waals surface area contributed by atoms with Crippen LogP contribution in [0.5, 0.6) is 0 Å². The predicted octanol–water partition coefficient (Wildman–Crippen LogP) is 1.58. The molecule has 7 nitrogen and oxygen atoms in total. The number of aliphatic carboxylic acids is 1. The lowest BCUT2D eigenvalue weighted by Crippen LogP contribution is -2.27. The van der Waals surface area contributed by atoms with Crippen molar-refractivity contribution in [2.45, 2.75) is 32.7 Å². The van der Waals surface area contributed by atoms with Crippen LogP contribution < -0.4 is 5.56 Å². The number of carboxylic acids is 2. The van der Waals surface area contributed by atoms with E-state index in [0.29, 0.717) is 17.1 Å². The molecule has 0 aliphatic rings. The first-order valence-electron chi connectivity index (χ1n) is 6.41. The van der Waals surface area contributed by atoms with Crippen molar-refractivity contribution in [2.75, 3.05) is 0 Å². The zero-order chi connectivity index (χ0) is 15.6. The molecule has 0 radical (unpaired) electrons. The monoisotopic (exact) mass is 310 g/mol. The molecule has 0 aliphatic heterocycles. The normalized spacial score (nSPS) is 10.9. The maximum absolute atomic E-state index is 12.5. The van der Waals surface area contributed by atoms with E-state index >= 15 is 0 Å². The lowest BCUT2D eigenvalue weighted by atomic mass is 10.2. The molecule has 0 fully saturated rings. The highest BCUT2D eigenvalue weighted by Gasteiger charge is 2.19. The number of hydrogen-bond donors (Lipinski definition) is 2. The highest BCUT2D eigenvalue weighted by molar-refractivity contribution is 7.17. The van der Waals surface area contributed by atoms with Gasteiger partial charge in [0.1, 0.15) is 10.7 Å². The quantitative estimate of drug-likeness (QED) is 0.838. The second kappa shape index (κ2) is 6.04. The lowest BCUT2D eigenvalue weighted by molar-refractivity contribution is -0.137. The highest BCUT2D eigenvalue weighted by Crippen LogP contribution is 2.22. The standard InChI is InChI=1S/C13H14N2O5S/c1-2-3-8-14-11-10(7(6-21-11)13(19)20)12(18)15(8)5-4-9(16)17/h6H,2-5H2,1H3,(H,16,17)(H,19,20). The minimum Gasteiger partial charge on any atom is -0.481 e. The van der Waals surface area contributed by atoms with Gasteiger partial charge in [-0.1, -0.05) is 6.92 Å². The van der Waals surface area contributed by atoms with Crippen molar-refractivity contribution in [3.63, 3.8) is 0 Å². The fourth-order valence-electron chi connectivity index (χ4n) is 2.08. The minimum absolute atomic E-state index is 0.0126. The molecule has 2 N–H and O–H groups in total. The summed E-state index contributed by atoms with van der Waals surface area (Å²) < 4.78 is 1.28. The summed E-state index contributed by atoms with van der Waals surface area (Å²) in [5.41, 5.74) is -0.567. The van der Waals surface area contributed by atoms with Crippen LogP contribution in [-0.4, -0.2) is 31.7 Å². The van der Waals surface area contributed by atoms with E-state index in [1.807, 2.05) is 6.92 Å². The number of nitrogens with zero attached hydrogens (tertiary/aromatic N) is 2. The second-order valence-corrected chi connectivity index (χ2v) is 5.37. The average molecular weight is 310 g/mol. The fraction of sp³-hybridized carbons (Fsp3) is 0.385. The first-order valence-corrected chi connectivity index (χ1v) is 7.29. The maximum Gasteiger partial charge on any atom is 0.337 e. The van der Waals surface area contributed by atoms with Crippen LogP contribution in [0.25, 0.3) is 10.2 Å². The molecule has 0 amide bonds. The van der Waals surface area contributed by atoms with Crippen molar-refractivity contribution in [3.05, 3.63) is 27.1 Å². The third kappa shape index (κ3) is 2.94. The SMILES string of the molecule is CCCc1nc2scc(C(=O)O)c2c(=O)n1CCC(=O)O. The van der Waals surface area contributed by atoms with E-state index in [1.54, 1.807) is 0 Å². The highest BCUT2D eigenvalue weighted by atomic mass is 32.1. The average Bonchev–Trinajstić information content (AvgIpc) is 2.82. The van der Waals surface area contributed by atoms with Gasteiger partial charge >= 0.3 is 11.9 Å². The molecule has 2 aromatic rings. The number of carbonyl (C=O) groups is 2. The predicted molar refractivity (Wildman–Crippen MR) is 77.1 cm³/mol. The minimum atomic E-state index is -1.19. The molecule has 0 saturated carbocycles. The molecule has 0 saturated heterocycles. The van der Waals surface area contributed by atoms with Crippen LogP contribution in [0, 0.1) is 0 Å². The summed E-state index contributed by atoms with van der Waals surface area (Å²) >= 11 is 1.11. The molecule has 2 heterocycles. The molecular weight excluding hydrogens is 296 g/mol. The van der Waals surface area contributed by atoms with E-state index in [-0.39, 0.29) is 23.9 Å². The van der Waals surface area contributed by atoms with Gasteiger partial charge in [0, 0.05) is 18.3 Å². The van der Waals surface area contributed by atoms with Crippen molar-refractivity contribution < 1.29 is 19.8 Å². The van der Waals surface area contributed by atoms with Gasteiger partial charge < -0.3 is 10.2 Å². The zero-order valence-electron chi connectivity index (χ0n) is 11.3. The fourth-order valence-corrected chi connectivity index (χ4v) is 3.00. The topological polar surface area (TPSA) is 109 Å². The molecule has 0 aliphatic carbocycles. The summed E-state index contributed by atoms with van der Waals surface area (Å²) in [5.74, 6) is -1.71. The molecule has 0 bridgehead atoms. The summed E-state index contributed by atoms with van der Waals surface area (Å²) in [6, 6.07) is 0. The molecule has 2 rings (SSSR count). The molecule has 0 atom stereocenters. The van der Waals surface area contributed by atoms with Crippen molar-refractivity contribution in [3.8, 4) is 0 Å². The zero-order valence-corrected chi connectivity index (χ0v) is 12.1. The van der Waals surface area contributed by atoms with Crippen LogP contribution in [-0.2, 0) is 17.8 Å². The summed E-state index contributed by atoms with van der Waals surface area (Å²) in [4.78, 5) is 39.1. The Labute approximate surface area is 123 Å². The van der Waals surface area contributed by atoms with Gasteiger partial charge in [0.15, 0.2) is 0 Å². The number of hydrogen-bond acceptors (Lipinski definition) is 5. The Bertz CT molecular complexity index is 762. The Balaban J connectivity index is 2.66. The van der Waals surface area contributed by atoms with Gasteiger partial charge in [-0.2, -0.15) is 0 Å². The molecule has 0 spiro atoms. The van der Waals surface area contributed by atoms with Crippen LogP contribution in [0.3, 0.4) is 0 Å². The number of rotatable bonds is 6. The van der Waals surface area contributed by atoms with E-state index in [4.69, 9.17) is 10.2 Å². The van der Waals surface area contributed by atoms with Crippen molar-refractivity contribution >= 4 is 33.5 Å².